The van der Waals surface area contributed by atoms with E-state index in [4.69, 9.17) is 0 Å². The number of hydrogen-bond acceptors (Lipinski definition) is 3. The van der Waals surface area contributed by atoms with Crippen LogP contribution in [0.4, 0.5) is 0 Å². The van der Waals surface area contributed by atoms with Gasteiger partial charge in [0, 0.05) is 0 Å². The summed E-state index contributed by atoms with van der Waals surface area (Å²) in [5.74, 6) is -0.816. The van der Waals surface area contributed by atoms with Crippen LogP contribution in [-0.4, -0.2) is 18.4 Å². The van der Waals surface area contributed by atoms with E-state index < -0.39 is 5.92 Å². The van der Waals surface area contributed by atoms with Crippen LogP contribution in [0.15, 0.2) is 0 Å². The van der Waals surface area contributed by atoms with Gasteiger partial charge < -0.3 is 4.74 Å². The molecule has 3 nitrogen and oxygen atoms in total. The molecule has 0 aromatic carbocycles. The molecule has 0 aromatic heterocycles. The molecule has 0 amide bonds. The Hall–Kier alpha value is -0.860. The van der Waals surface area contributed by atoms with Gasteiger partial charge in [-0.3, -0.25) is 9.59 Å². The molecule has 1 atom stereocenters. The van der Waals surface area contributed by atoms with Gasteiger partial charge >= 0.3 is 5.97 Å². The van der Waals surface area contributed by atoms with Crippen molar-refractivity contribution in [2.75, 3.05) is 6.61 Å². The fraction of sp³-hybridized carbons (Fsp3) is 0.778. The molecule has 1 unspecified atom stereocenters. The molecule has 1 aliphatic rings. The molecule has 1 rings (SSSR count). The summed E-state index contributed by atoms with van der Waals surface area (Å²) in [5, 5.41) is 0. The number of carbonyl (C=O) groups is 2. The number of ketones is 1. The van der Waals surface area contributed by atoms with Crippen molar-refractivity contribution in [2.45, 2.75) is 32.6 Å². The number of Topliss-reactive ketones (excluding diaryl/α,β-unsaturated/α-hetero) is 1. The fourth-order valence-electron chi connectivity index (χ4n) is 1.35. The molecule has 0 spiro atoms. The second-order valence-corrected chi connectivity index (χ2v) is 3.12. The SMILES string of the molecule is CCCCCC1C(=O)COC1=O. The van der Waals surface area contributed by atoms with Gasteiger partial charge in [-0.1, -0.05) is 26.2 Å². The highest BCUT2D eigenvalue weighted by molar-refractivity contribution is 6.04. The average Bonchev–Trinajstić information content (AvgIpc) is 2.35. The lowest BCUT2D eigenvalue weighted by Gasteiger charge is -2.01. The van der Waals surface area contributed by atoms with Crippen LogP contribution >= 0.6 is 0 Å². The van der Waals surface area contributed by atoms with Crippen molar-refractivity contribution in [1.29, 1.82) is 0 Å². The predicted octanol–water partition coefficient (Wildman–Crippen LogP) is 1.31. The molecule has 1 fully saturated rings. The normalized spacial score (nSPS) is 22.9. The Morgan fingerprint density at radius 3 is 2.67 bits per heavy atom. The first kappa shape index (κ1) is 9.23. The minimum atomic E-state index is -0.448. The Morgan fingerprint density at radius 2 is 2.17 bits per heavy atom. The summed E-state index contributed by atoms with van der Waals surface area (Å²) in [4.78, 5) is 22.0. The number of esters is 1. The maximum Gasteiger partial charge on any atom is 0.317 e. The first-order valence-corrected chi connectivity index (χ1v) is 4.45. The molecule has 0 aliphatic carbocycles. The van der Waals surface area contributed by atoms with Gasteiger partial charge in [0.05, 0.1) is 0 Å². The first-order chi connectivity index (χ1) is 5.75. The van der Waals surface area contributed by atoms with Crippen LogP contribution in [0.5, 0.6) is 0 Å². The minimum absolute atomic E-state index is 0.00434. The molecule has 0 bridgehead atoms. The highest BCUT2D eigenvalue weighted by atomic mass is 16.5. The zero-order valence-corrected chi connectivity index (χ0v) is 7.34. The lowest BCUT2D eigenvalue weighted by molar-refractivity contribution is -0.141. The van der Waals surface area contributed by atoms with Crippen LogP contribution < -0.4 is 0 Å². The van der Waals surface area contributed by atoms with Crippen LogP contribution in [0, 0.1) is 5.92 Å². The Morgan fingerprint density at radius 1 is 1.42 bits per heavy atom. The topological polar surface area (TPSA) is 43.4 Å². The Kier molecular flexibility index (Phi) is 3.26. The summed E-state index contributed by atoms with van der Waals surface area (Å²) in [6, 6.07) is 0. The Labute approximate surface area is 72.1 Å². The highest BCUT2D eigenvalue weighted by Gasteiger charge is 2.34. The van der Waals surface area contributed by atoms with E-state index in [9.17, 15) is 9.59 Å². The molecular weight excluding hydrogens is 156 g/mol. The van der Waals surface area contributed by atoms with Crippen molar-refractivity contribution in [3.8, 4) is 0 Å². The Balaban J connectivity index is 2.30. The zero-order chi connectivity index (χ0) is 8.97. The number of ether oxygens (including phenoxy) is 1. The third-order valence-corrected chi connectivity index (χ3v) is 2.13. The summed E-state index contributed by atoms with van der Waals surface area (Å²) in [7, 11) is 0. The quantitative estimate of drug-likeness (QED) is 0.363. The Bertz CT molecular complexity index is 170. The van der Waals surface area contributed by atoms with Gasteiger partial charge in [-0.2, -0.15) is 0 Å². The molecular formula is C9H14O3. The lowest BCUT2D eigenvalue weighted by Crippen LogP contribution is -2.14. The standard InChI is InChI=1S/C9H14O3/c1-2-3-4-5-7-8(10)6-12-9(7)11/h7H,2-6H2,1H3. The number of carbonyl (C=O) groups excluding carboxylic acids is 2. The number of hydrogen-bond donors (Lipinski definition) is 0. The van der Waals surface area contributed by atoms with Gasteiger partial charge in [0.25, 0.3) is 0 Å². The maximum absolute atomic E-state index is 11.0. The summed E-state index contributed by atoms with van der Waals surface area (Å²) in [5.41, 5.74) is 0. The molecule has 12 heavy (non-hydrogen) atoms. The summed E-state index contributed by atoms with van der Waals surface area (Å²) >= 11 is 0. The molecule has 0 radical (unpaired) electrons. The largest absolute Gasteiger partial charge is 0.457 e. The predicted molar refractivity (Wildman–Crippen MR) is 43.6 cm³/mol. The zero-order valence-electron chi connectivity index (χ0n) is 7.34. The van der Waals surface area contributed by atoms with Crippen molar-refractivity contribution in [3.63, 3.8) is 0 Å². The van der Waals surface area contributed by atoms with Gasteiger partial charge in [-0.15, -0.1) is 0 Å². The van der Waals surface area contributed by atoms with Gasteiger partial charge in [-0.05, 0) is 6.42 Å². The molecule has 0 saturated carbocycles. The van der Waals surface area contributed by atoms with Crippen molar-refractivity contribution >= 4 is 11.8 Å². The fourth-order valence-corrected chi connectivity index (χ4v) is 1.35. The van der Waals surface area contributed by atoms with E-state index in [0.29, 0.717) is 6.42 Å². The van der Waals surface area contributed by atoms with E-state index in [1.807, 2.05) is 0 Å². The van der Waals surface area contributed by atoms with E-state index in [-0.39, 0.29) is 18.4 Å². The second-order valence-electron chi connectivity index (χ2n) is 3.12. The van der Waals surface area contributed by atoms with Gasteiger partial charge in [0.1, 0.15) is 5.92 Å². The first-order valence-electron chi connectivity index (χ1n) is 4.45. The monoisotopic (exact) mass is 170 g/mol. The van der Waals surface area contributed by atoms with E-state index >= 15 is 0 Å². The van der Waals surface area contributed by atoms with Crippen LogP contribution in [0.1, 0.15) is 32.6 Å². The van der Waals surface area contributed by atoms with Crippen molar-refractivity contribution in [2.24, 2.45) is 5.92 Å². The summed E-state index contributed by atoms with van der Waals surface area (Å²) in [6.07, 6.45) is 3.81. The second kappa shape index (κ2) is 4.24. The van der Waals surface area contributed by atoms with E-state index in [2.05, 4.69) is 11.7 Å². The molecule has 1 heterocycles. The molecule has 3 heteroatoms. The molecule has 0 aromatic rings. The highest BCUT2D eigenvalue weighted by Crippen LogP contribution is 2.17. The van der Waals surface area contributed by atoms with E-state index in [1.54, 1.807) is 0 Å². The van der Waals surface area contributed by atoms with Gasteiger partial charge in [-0.25, -0.2) is 0 Å². The van der Waals surface area contributed by atoms with Gasteiger partial charge in [0.2, 0.25) is 0 Å². The number of rotatable bonds is 4. The summed E-state index contributed by atoms with van der Waals surface area (Å²) in [6.45, 7) is 2.09. The molecule has 1 aliphatic heterocycles. The van der Waals surface area contributed by atoms with Crippen molar-refractivity contribution in [1.82, 2.24) is 0 Å². The smallest absolute Gasteiger partial charge is 0.317 e. The third kappa shape index (κ3) is 2.06. The van der Waals surface area contributed by atoms with Crippen molar-refractivity contribution < 1.29 is 14.3 Å². The van der Waals surface area contributed by atoms with Crippen LogP contribution in [-0.2, 0) is 14.3 Å². The lowest BCUT2D eigenvalue weighted by atomic mass is 9.99. The average molecular weight is 170 g/mol. The van der Waals surface area contributed by atoms with Crippen molar-refractivity contribution in [3.05, 3.63) is 0 Å². The number of cyclic esters (lactones) is 1. The van der Waals surface area contributed by atoms with Gasteiger partial charge in [0.15, 0.2) is 12.4 Å². The minimum Gasteiger partial charge on any atom is -0.457 e. The molecule has 68 valence electrons. The van der Waals surface area contributed by atoms with Crippen LogP contribution in [0.2, 0.25) is 0 Å². The summed E-state index contributed by atoms with van der Waals surface area (Å²) < 4.78 is 4.62. The molecule has 1 saturated heterocycles. The molecule has 0 N–H and O–H groups in total. The van der Waals surface area contributed by atoms with E-state index in [0.717, 1.165) is 19.3 Å². The van der Waals surface area contributed by atoms with E-state index in [1.165, 1.54) is 0 Å². The van der Waals surface area contributed by atoms with Crippen LogP contribution in [0.25, 0.3) is 0 Å². The maximum atomic E-state index is 11.0. The third-order valence-electron chi connectivity index (χ3n) is 2.13. The number of unbranched alkanes of at least 4 members (excludes halogenated alkanes) is 2. The van der Waals surface area contributed by atoms with Crippen LogP contribution in [0.3, 0.4) is 0 Å².